The molecule has 0 amide bonds. The molecule has 0 spiro atoms. The average Bonchev–Trinajstić information content (AvgIpc) is 2.58. The minimum Gasteiger partial charge on any atom is -0.496 e. The SMILES string of the molecule is CCNC(=NCc1ccc(Cl)cc1OC)NCC1(CCOC)CCC1. The number of halogens is 1. The molecule has 1 aromatic carbocycles. The Morgan fingerprint density at radius 1 is 1.28 bits per heavy atom. The molecule has 6 heteroatoms. The fraction of sp³-hybridized carbons (Fsp3) is 0.632. The van der Waals surface area contributed by atoms with Gasteiger partial charge in [-0.25, -0.2) is 4.99 Å². The lowest BCUT2D eigenvalue weighted by atomic mass is 9.67. The molecule has 0 unspecified atom stereocenters. The molecule has 1 aliphatic carbocycles. The van der Waals surface area contributed by atoms with Gasteiger partial charge in [0.15, 0.2) is 5.96 Å². The predicted octanol–water partition coefficient (Wildman–Crippen LogP) is 3.61. The fourth-order valence-electron chi connectivity index (χ4n) is 3.14. The van der Waals surface area contributed by atoms with Crippen LogP contribution in [0.2, 0.25) is 5.02 Å². The number of aliphatic imine (C=N–C) groups is 1. The second kappa shape index (κ2) is 9.88. The van der Waals surface area contributed by atoms with Gasteiger partial charge in [-0.05, 0) is 43.7 Å². The van der Waals surface area contributed by atoms with Crippen LogP contribution >= 0.6 is 11.6 Å². The Bertz CT molecular complexity index is 574. The summed E-state index contributed by atoms with van der Waals surface area (Å²) < 4.78 is 10.7. The summed E-state index contributed by atoms with van der Waals surface area (Å²) in [5, 5.41) is 7.49. The summed E-state index contributed by atoms with van der Waals surface area (Å²) in [7, 11) is 3.42. The van der Waals surface area contributed by atoms with Gasteiger partial charge in [-0.15, -0.1) is 0 Å². The molecular weight excluding hydrogens is 338 g/mol. The summed E-state index contributed by atoms with van der Waals surface area (Å²) in [6.45, 7) is 5.19. The molecule has 25 heavy (non-hydrogen) atoms. The van der Waals surface area contributed by atoms with E-state index in [9.17, 15) is 0 Å². The minimum atomic E-state index is 0.351. The summed E-state index contributed by atoms with van der Waals surface area (Å²) >= 11 is 6.02. The van der Waals surface area contributed by atoms with Gasteiger partial charge in [-0.1, -0.05) is 24.1 Å². The second-order valence-corrected chi connectivity index (χ2v) is 7.04. The molecule has 2 N–H and O–H groups in total. The van der Waals surface area contributed by atoms with Gasteiger partial charge < -0.3 is 20.1 Å². The van der Waals surface area contributed by atoms with Crippen molar-refractivity contribution in [2.75, 3.05) is 33.9 Å². The van der Waals surface area contributed by atoms with Gasteiger partial charge in [-0.2, -0.15) is 0 Å². The van der Waals surface area contributed by atoms with Gasteiger partial charge in [-0.3, -0.25) is 0 Å². The van der Waals surface area contributed by atoms with Crippen molar-refractivity contribution >= 4 is 17.6 Å². The Morgan fingerprint density at radius 3 is 2.68 bits per heavy atom. The number of methoxy groups -OCH3 is 2. The van der Waals surface area contributed by atoms with E-state index in [1.165, 1.54) is 19.3 Å². The maximum atomic E-state index is 6.02. The summed E-state index contributed by atoms with van der Waals surface area (Å²) in [6, 6.07) is 5.64. The van der Waals surface area contributed by atoms with E-state index in [0.717, 1.165) is 43.4 Å². The molecule has 140 valence electrons. The number of guanidine groups is 1. The molecule has 0 saturated heterocycles. The Balaban J connectivity index is 1.98. The molecule has 0 aromatic heterocycles. The van der Waals surface area contributed by atoms with Crippen molar-refractivity contribution in [3.8, 4) is 5.75 Å². The first kappa shape index (κ1) is 19.9. The predicted molar refractivity (Wildman–Crippen MR) is 104 cm³/mol. The number of hydrogen-bond donors (Lipinski definition) is 2. The standard InChI is InChI=1S/C19H30ClN3O2/c1-4-21-18(23-14-19(8-5-9-19)10-11-24-2)22-13-15-6-7-16(20)12-17(15)25-3/h6-7,12H,4-5,8-11,13-14H2,1-3H3,(H2,21,22,23). The third-order valence-corrected chi connectivity index (χ3v) is 5.12. The quantitative estimate of drug-likeness (QED) is 0.517. The Kier molecular flexibility index (Phi) is 7.85. The van der Waals surface area contributed by atoms with Gasteiger partial charge in [0.25, 0.3) is 0 Å². The number of nitrogens with one attached hydrogen (secondary N) is 2. The maximum Gasteiger partial charge on any atom is 0.191 e. The van der Waals surface area contributed by atoms with Gasteiger partial charge in [0.05, 0.1) is 13.7 Å². The summed E-state index contributed by atoms with van der Waals surface area (Å²) in [4.78, 5) is 4.70. The highest BCUT2D eigenvalue weighted by molar-refractivity contribution is 6.30. The molecule has 0 radical (unpaired) electrons. The topological polar surface area (TPSA) is 54.9 Å². The van der Waals surface area contributed by atoms with E-state index in [1.807, 2.05) is 18.2 Å². The highest BCUT2D eigenvalue weighted by atomic mass is 35.5. The molecule has 1 saturated carbocycles. The molecule has 5 nitrogen and oxygen atoms in total. The largest absolute Gasteiger partial charge is 0.496 e. The monoisotopic (exact) mass is 367 g/mol. The van der Waals surface area contributed by atoms with Crippen molar-refractivity contribution in [1.29, 1.82) is 0 Å². The van der Waals surface area contributed by atoms with Crippen molar-refractivity contribution in [2.45, 2.75) is 39.2 Å². The highest BCUT2D eigenvalue weighted by Gasteiger charge is 2.36. The van der Waals surface area contributed by atoms with Gasteiger partial charge in [0.2, 0.25) is 0 Å². The fourth-order valence-corrected chi connectivity index (χ4v) is 3.30. The van der Waals surface area contributed by atoms with Crippen molar-refractivity contribution in [2.24, 2.45) is 10.4 Å². The van der Waals surface area contributed by atoms with Crippen LogP contribution in [0.25, 0.3) is 0 Å². The van der Waals surface area contributed by atoms with E-state index in [-0.39, 0.29) is 0 Å². The van der Waals surface area contributed by atoms with Crippen molar-refractivity contribution < 1.29 is 9.47 Å². The summed E-state index contributed by atoms with van der Waals surface area (Å²) in [5.74, 6) is 1.60. The number of hydrogen-bond acceptors (Lipinski definition) is 3. The zero-order chi connectivity index (χ0) is 18.1. The van der Waals surface area contributed by atoms with Crippen LogP contribution in [-0.2, 0) is 11.3 Å². The Labute approximate surface area is 156 Å². The van der Waals surface area contributed by atoms with E-state index in [1.54, 1.807) is 14.2 Å². The summed E-state index contributed by atoms with van der Waals surface area (Å²) in [6.07, 6.45) is 4.92. The van der Waals surface area contributed by atoms with Crippen molar-refractivity contribution in [3.05, 3.63) is 28.8 Å². The third kappa shape index (κ3) is 5.79. The normalized spacial score (nSPS) is 16.2. The first-order chi connectivity index (χ1) is 12.1. The number of rotatable bonds is 9. The van der Waals surface area contributed by atoms with Crippen LogP contribution in [0.3, 0.4) is 0 Å². The van der Waals surface area contributed by atoms with Crippen LogP contribution in [0.4, 0.5) is 0 Å². The zero-order valence-corrected chi connectivity index (χ0v) is 16.3. The van der Waals surface area contributed by atoms with Crippen LogP contribution in [0, 0.1) is 5.41 Å². The molecule has 1 fully saturated rings. The molecule has 1 aliphatic rings. The molecule has 0 aliphatic heterocycles. The van der Waals surface area contributed by atoms with Crippen LogP contribution in [-0.4, -0.2) is 39.9 Å². The number of nitrogens with zero attached hydrogens (tertiary/aromatic N) is 1. The first-order valence-corrected chi connectivity index (χ1v) is 9.34. The maximum absolute atomic E-state index is 6.02. The van der Waals surface area contributed by atoms with E-state index in [4.69, 9.17) is 26.1 Å². The molecule has 2 rings (SSSR count). The Hall–Kier alpha value is -1.46. The van der Waals surface area contributed by atoms with E-state index in [0.29, 0.717) is 17.0 Å². The lowest BCUT2D eigenvalue weighted by Crippen LogP contribution is -2.46. The van der Waals surface area contributed by atoms with Crippen LogP contribution < -0.4 is 15.4 Å². The average molecular weight is 368 g/mol. The third-order valence-electron chi connectivity index (χ3n) is 4.88. The van der Waals surface area contributed by atoms with Crippen molar-refractivity contribution in [1.82, 2.24) is 10.6 Å². The van der Waals surface area contributed by atoms with Gasteiger partial charge in [0.1, 0.15) is 5.75 Å². The van der Waals surface area contributed by atoms with E-state index < -0.39 is 0 Å². The van der Waals surface area contributed by atoms with Gasteiger partial charge in [0, 0.05) is 37.4 Å². The van der Waals surface area contributed by atoms with Gasteiger partial charge >= 0.3 is 0 Å². The Morgan fingerprint density at radius 2 is 2.08 bits per heavy atom. The van der Waals surface area contributed by atoms with Crippen molar-refractivity contribution in [3.63, 3.8) is 0 Å². The highest BCUT2D eigenvalue weighted by Crippen LogP contribution is 2.43. The molecule has 0 atom stereocenters. The summed E-state index contributed by atoms with van der Waals surface area (Å²) in [5.41, 5.74) is 1.37. The smallest absolute Gasteiger partial charge is 0.191 e. The first-order valence-electron chi connectivity index (χ1n) is 8.96. The number of ether oxygens (including phenoxy) is 2. The van der Waals surface area contributed by atoms with Crippen LogP contribution in [0.5, 0.6) is 5.75 Å². The molecule has 1 aromatic rings. The lowest BCUT2D eigenvalue weighted by molar-refractivity contribution is 0.0732. The van der Waals surface area contributed by atoms with E-state index >= 15 is 0 Å². The molecule has 0 bridgehead atoms. The lowest BCUT2D eigenvalue weighted by Gasteiger charge is -2.42. The van der Waals surface area contributed by atoms with Crippen LogP contribution in [0.15, 0.2) is 23.2 Å². The molecule has 0 heterocycles. The second-order valence-electron chi connectivity index (χ2n) is 6.60. The minimum absolute atomic E-state index is 0.351. The molecular formula is C19H30ClN3O2. The number of benzene rings is 1. The zero-order valence-electron chi connectivity index (χ0n) is 15.5. The van der Waals surface area contributed by atoms with E-state index in [2.05, 4.69) is 17.6 Å². The van der Waals surface area contributed by atoms with Crippen LogP contribution in [0.1, 0.15) is 38.2 Å².